The lowest BCUT2D eigenvalue weighted by atomic mass is 9.96. The van der Waals surface area contributed by atoms with Gasteiger partial charge >= 0.3 is 0 Å². The van der Waals surface area contributed by atoms with Crippen molar-refractivity contribution >= 4 is 38.4 Å². The molecule has 4 heteroatoms. The first-order chi connectivity index (χ1) is 17.3. The van der Waals surface area contributed by atoms with E-state index in [-0.39, 0.29) is 0 Å². The van der Waals surface area contributed by atoms with Gasteiger partial charge in [-0.05, 0) is 80.9 Å². The molecule has 4 heterocycles. The molecule has 0 spiro atoms. The summed E-state index contributed by atoms with van der Waals surface area (Å²) in [6.45, 7) is 0. The van der Waals surface area contributed by atoms with Crippen molar-refractivity contribution in [2.75, 3.05) is 0 Å². The highest BCUT2D eigenvalue weighted by atomic mass is 15.0. The number of hydrogen-bond donors (Lipinski definition) is 0. The summed E-state index contributed by atoms with van der Waals surface area (Å²) in [7, 11) is 0. The summed E-state index contributed by atoms with van der Waals surface area (Å²) in [4.78, 5) is 14.0. The molecule has 2 aliphatic rings. The van der Waals surface area contributed by atoms with Crippen LogP contribution in [0.2, 0.25) is 0 Å². The van der Waals surface area contributed by atoms with Crippen molar-refractivity contribution in [2.24, 2.45) is 0 Å². The molecule has 0 atom stereocenters. The van der Waals surface area contributed by atoms with Crippen LogP contribution in [0.1, 0.15) is 22.3 Å². The smallest absolute Gasteiger partial charge is 0.146 e. The summed E-state index contributed by atoms with van der Waals surface area (Å²) in [5.41, 5.74) is 15.2. The van der Waals surface area contributed by atoms with E-state index in [1.807, 2.05) is 30.9 Å². The third kappa shape index (κ3) is 2.15. The Morgan fingerprint density at radius 3 is 2.43 bits per heavy atom. The minimum Gasteiger partial charge on any atom is -0.289 e. The molecule has 0 saturated heterocycles. The topological polar surface area (TPSA) is 43.1 Å². The second-order valence-corrected chi connectivity index (χ2v) is 9.72. The predicted molar refractivity (Wildman–Crippen MR) is 140 cm³/mol. The molecule has 0 amide bonds. The highest BCUT2D eigenvalue weighted by Crippen LogP contribution is 2.47. The average Bonchev–Trinajstić information content (AvgIpc) is 3.58. The van der Waals surface area contributed by atoms with E-state index in [2.05, 4.69) is 69.0 Å². The Labute approximate surface area is 200 Å². The van der Waals surface area contributed by atoms with Gasteiger partial charge in [-0.3, -0.25) is 14.4 Å². The van der Waals surface area contributed by atoms with E-state index in [0.29, 0.717) is 0 Å². The molecule has 9 rings (SSSR count). The zero-order chi connectivity index (χ0) is 22.7. The van der Waals surface area contributed by atoms with E-state index in [4.69, 9.17) is 4.98 Å². The van der Waals surface area contributed by atoms with Crippen LogP contribution in [-0.4, -0.2) is 19.4 Å². The molecule has 3 aromatic carbocycles. The lowest BCUT2D eigenvalue weighted by Gasteiger charge is -2.12. The SMILES string of the molecule is c1ccc2c(c1)Cc1cc3c(cc1-2)-c1ccc2c4ccncc4n4c5cnccc5nc4c2c1C3. The molecule has 2 aliphatic carbocycles. The van der Waals surface area contributed by atoms with Crippen LogP contribution in [0.4, 0.5) is 0 Å². The molecule has 162 valence electrons. The zero-order valence-electron chi connectivity index (χ0n) is 18.8. The monoisotopic (exact) mass is 446 g/mol. The molecule has 0 aliphatic heterocycles. The number of nitrogens with zero attached hydrogens (tertiary/aromatic N) is 4. The van der Waals surface area contributed by atoms with Crippen LogP contribution < -0.4 is 0 Å². The van der Waals surface area contributed by atoms with Gasteiger partial charge in [-0.15, -0.1) is 0 Å². The number of aromatic nitrogens is 4. The van der Waals surface area contributed by atoms with Crippen molar-refractivity contribution in [3.8, 4) is 22.3 Å². The van der Waals surface area contributed by atoms with Gasteiger partial charge in [0.25, 0.3) is 0 Å². The summed E-state index contributed by atoms with van der Waals surface area (Å²) in [6, 6.07) is 22.4. The number of rotatable bonds is 0. The minimum atomic E-state index is 0.930. The van der Waals surface area contributed by atoms with E-state index < -0.39 is 0 Å². The summed E-state index contributed by atoms with van der Waals surface area (Å²) in [5.74, 6) is 0. The second kappa shape index (κ2) is 6.10. The fraction of sp³-hybridized carbons (Fsp3) is 0.0645. The van der Waals surface area contributed by atoms with Crippen LogP contribution in [0.15, 0.2) is 85.5 Å². The Morgan fingerprint density at radius 1 is 0.629 bits per heavy atom. The highest BCUT2D eigenvalue weighted by molar-refractivity contribution is 6.16. The quantitative estimate of drug-likeness (QED) is 0.243. The molecule has 0 radical (unpaired) electrons. The Balaban J connectivity index is 1.41. The Morgan fingerprint density at radius 2 is 1.46 bits per heavy atom. The molecule has 7 aromatic rings. The Kier molecular flexibility index (Phi) is 3.11. The normalized spacial score (nSPS) is 13.5. The molecule has 0 saturated carbocycles. The van der Waals surface area contributed by atoms with Gasteiger partial charge < -0.3 is 0 Å². The molecule has 35 heavy (non-hydrogen) atoms. The van der Waals surface area contributed by atoms with Crippen LogP contribution in [0.3, 0.4) is 0 Å². The van der Waals surface area contributed by atoms with Crippen molar-refractivity contribution in [1.82, 2.24) is 19.4 Å². The van der Waals surface area contributed by atoms with Gasteiger partial charge in [0.2, 0.25) is 0 Å². The molecule has 4 nitrogen and oxygen atoms in total. The first kappa shape index (κ1) is 17.8. The number of imidazole rings is 1. The maximum Gasteiger partial charge on any atom is 0.146 e. The van der Waals surface area contributed by atoms with E-state index in [0.717, 1.165) is 35.0 Å². The minimum absolute atomic E-state index is 0.930. The lowest BCUT2D eigenvalue weighted by molar-refractivity contribution is 1.21. The summed E-state index contributed by atoms with van der Waals surface area (Å²) >= 11 is 0. The van der Waals surface area contributed by atoms with Crippen LogP contribution in [-0.2, 0) is 12.8 Å². The van der Waals surface area contributed by atoms with E-state index in [1.165, 1.54) is 60.7 Å². The van der Waals surface area contributed by atoms with Crippen molar-refractivity contribution in [1.29, 1.82) is 0 Å². The average molecular weight is 447 g/mol. The Hall–Kier alpha value is -4.57. The first-order valence-corrected chi connectivity index (χ1v) is 12.0. The molecule has 0 N–H and O–H groups in total. The maximum atomic E-state index is 5.12. The van der Waals surface area contributed by atoms with Gasteiger partial charge in [0.1, 0.15) is 5.65 Å². The van der Waals surface area contributed by atoms with E-state index in [9.17, 15) is 0 Å². The molecule has 4 aromatic heterocycles. The fourth-order valence-electron chi connectivity index (χ4n) is 6.51. The van der Waals surface area contributed by atoms with Gasteiger partial charge in [-0.2, -0.15) is 0 Å². The highest BCUT2D eigenvalue weighted by Gasteiger charge is 2.28. The largest absolute Gasteiger partial charge is 0.289 e. The van der Waals surface area contributed by atoms with Crippen molar-refractivity contribution in [2.45, 2.75) is 12.8 Å². The summed E-state index contributed by atoms with van der Waals surface area (Å²) in [5, 5.41) is 3.68. The predicted octanol–water partition coefficient (Wildman–Crippen LogP) is 6.73. The Bertz CT molecular complexity index is 2070. The molecule has 0 bridgehead atoms. The number of hydrogen-bond acceptors (Lipinski definition) is 3. The fourth-order valence-corrected chi connectivity index (χ4v) is 6.51. The lowest BCUT2D eigenvalue weighted by Crippen LogP contribution is -1.95. The van der Waals surface area contributed by atoms with Gasteiger partial charge in [-0.25, -0.2) is 4.98 Å². The first-order valence-electron chi connectivity index (χ1n) is 12.0. The number of pyridine rings is 3. The van der Waals surface area contributed by atoms with Crippen LogP contribution >= 0.6 is 0 Å². The molecular weight excluding hydrogens is 428 g/mol. The van der Waals surface area contributed by atoms with Gasteiger partial charge in [0.05, 0.1) is 28.9 Å². The third-order valence-electron chi connectivity index (χ3n) is 8.00. The second-order valence-electron chi connectivity index (χ2n) is 9.72. The van der Waals surface area contributed by atoms with Crippen LogP contribution in [0.25, 0.3) is 60.6 Å². The van der Waals surface area contributed by atoms with Gasteiger partial charge in [-0.1, -0.05) is 42.5 Å². The number of fused-ring (bicyclic) bond motifs is 15. The standard InChI is InChI=1S/C31H18N4/c1-2-4-20-17(3-1)11-18-12-19-13-26-21(25(19)14-24(18)20)5-6-23-22-7-9-32-15-28(22)35-29-16-33-10-8-27(29)34-31(35)30(23)26/h1-10,12,14-16H,11,13H2. The molecule has 0 unspecified atom stereocenters. The van der Waals surface area contributed by atoms with E-state index >= 15 is 0 Å². The van der Waals surface area contributed by atoms with Crippen molar-refractivity contribution in [3.63, 3.8) is 0 Å². The van der Waals surface area contributed by atoms with E-state index in [1.54, 1.807) is 0 Å². The summed E-state index contributed by atoms with van der Waals surface area (Å²) < 4.78 is 2.24. The van der Waals surface area contributed by atoms with Crippen molar-refractivity contribution in [3.05, 3.63) is 108 Å². The summed E-state index contributed by atoms with van der Waals surface area (Å²) in [6.07, 6.45) is 9.51. The third-order valence-corrected chi connectivity index (χ3v) is 8.00. The van der Waals surface area contributed by atoms with Crippen molar-refractivity contribution < 1.29 is 0 Å². The molecular formula is C31H18N4. The van der Waals surface area contributed by atoms with Crippen LogP contribution in [0, 0.1) is 0 Å². The van der Waals surface area contributed by atoms with Crippen LogP contribution in [0.5, 0.6) is 0 Å². The maximum absolute atomic E-state index is 5.12. The zero-order valence-corrected chi connectivity index (χ0v) is 18.8. The van der Waals surface area contributed by atoms with Gasteiger partial charge in [0.15, 0.2) is 0 Å². The molecule has 0 fully saturated rings. The number of benzene rings is 3. The van der Waals surface area contributed by atoms with Gasteiger partial charge in [0, 0.05) is 23.2 Å².